The second-order valence-corrected chi connectivity index (χ2v) is 10.6. The first-order valence-electron chi connectivity index (χ1n) is 9.54. The van der Waals surface area contributed by atoms with Crippen LogP contribution in [0.5, 0.6) is 0 Å². The molecule has 0 amide bonds. The predicted molar refractivity (Wildman–Crippen MR) is 100.0 cm³/mol. The van der Waals surface area contributed by atoms with Gasteiger partial charge in [0, 0.05) is 25.1 Å². The minimum atomic E-state index is -6.91. The smallest absolute Gasteiger partial charge is 0.194 e. The molecular weight excluding hydrogens is 487 g/mol. The van der Waals surface area contributed by atoms with E-state index in [-0.39, 0.29) is 16.4 Å². The van der Waals surface area contributed by atoms with Crippen LogP contribution in [0.4, 0.5) is 39.5 Å². The van der Waals surface area contributed by atoms with E-state index in [1.807, 2.05) is 0 Å². The van der Waals surface area contributed by atoms with Crippen LogP contribution < -0.4 is 0 Å². The quantitative estimate of drug-likeness (QED) is 0.331. The van der Waals surface area contributed by atoms with Crippen molar-refractivity contribution >= 4 is 23.5 Å². The molecule has 2 aromatic rings. The summed E-state index contributed by atoms with van der Waals surface area (Å²) in [6, 6.07) is 8.66. The lowest BCUT2D eigenvalue weighted by Crippen LogP contribution is -2.61. The van der Waals surface area contributed by atoms with Crippen molar-refractivity contribution in [3.8, 4) is 0 Å². The zero-order valence-corrected chi connectivity index (χ0v) is 17.5. The fourth-order valence-corrected chi connectivity index (χ4v) is 7.22. The Morgan fingerprint density at radius 2 is 1.25 bits per heavy atom. The summed E-state index contributed by atoms with van der Waals surface area (Å²) in [5.74, 6) is -19.1. The van der Waals surface area contributed by atoms with Crippen molar-refractivity contribution in [1.29, 1.82) is 0 Å². The van der Waals surface area contributed by atoms with Crippen molar-refractivity contribution in [2.45, 2.75) is 68.2 Å². The van der Waals surface area contributed by atoms with Crippen LogP contribution in [0.25, 0.3) is 0 Å². The molecule has 172 valence electrons. The molecule has 32 heavy (non-hydrogen) atoms. The van der Waals surface area contributed by atoms with E-state index in [2.05, 4.69) is 0 Å². The molecule has 0 atom stereocenters. The number of hydrogen-bond acceptors (Lipinski definition) is 2. The molecular formula is C21H13F9S2. The molecule has 0 N–H and O–H groups in total. The van der Waals surface area contributed by atoms with Gasteiger partial charge in [0.15, 0.2) is 0 Å². The summed E-state index contributed by atoms with van der Waals surface area (Å²) in [7, 11) is 0. The zero-order valence-electron chi connectivity index (χ0n) is 15.9. The second-order valence-electron chi connectivity index (χ2n) is 8.45. The number of hydrogen-bond donors (Lipinski definition) is 0. The van der Waals surface area contributed by atoms with Gasteiger partial charge in [0.2, 0.25) is 0 Å². The molecule has 3 saturated carbocycles. The Balaban J connectivity index is 1.69. The number of fused-ring (bicyclic) bond motifs is 2. The molecule has 0 saturated heterocycles. The topological polar surface area (TPSA) is 0 Å². The van der Waals surface area contributed by atoms with Crippen LogP contribution in [-0.2, 0) is 11.3 Å². The van der Waals surface area contributed by atoms with E-state index in [9.17, 15) is 30.7 Å². The summed E-state index contributed by atoms with van der Waals surface area (Å²) in [4.78, 5) is 2.20. The third-order valence-corrected chi connectivity index (χ3v) is 9.05. The lowest BCUT2D eigenvalue weighted by atomic mass is 9.41. The molecule has 11 heteroatoms. The third-order valence-electron chi connectivity index (χ3n) is 6.45. The summed E-state index contributed by atoms with van der Waals surface area (Å²) in [6.45, 7) is 0. The second kappa shape index (κ2) is 6.55. The third kappa shape index (κ3) is 2.75. The van der Waals surface area contributed by atoms with Crippen LogP contribution in [0, 0.1) is 5.92 Å². The van der Waals surface area contributed by atoms with E-state index in [1.165, 1.54) is 11.8 Å². The normalized spacial score (nSPS) is 24.8. The van der Waals surface area contributed by atoms with Gasteiger partial charge in [-0.05, 0) is 54.4 Å². The molecule has 4 aliphatic rings. The van der Waals surface area contributed by atoms with Crippen molar-refractivity contribution in [1.82, 2.24) is 0 Å². The van der Waals surface area contributed by atoms with Crippen molar-refractivity contribution in [2.24, 2.45) is 5.92 Å². The summed E-state index contributed by atoms with van der Waals surface area (Å²) >= 11 is 2.27. The fraction of sp³-hybridized carbons (Fsp3) is 0.429. The molecule has 6 rings (SSSR count). The van der Waals surface area contributed by atoms with Crippen LogP contribution in [0.1, 0.15) is 30.4 Å². The van der Waals surface area contributed by atoms with Crippen molar-refractivity contribution in [2.75, 3.05) is 0 Å². The maximum Gasteiger partial charge on any atom is 0.460 e. The van der Waals surface area contributed by atoms with Crippen LogP contribution in [0.15, 0.2) is 56.0 Å². The number of rotatable bonds is 4. The molecule has 0 spiro atoms. The monoisotopic (exact) mass is 500 g/mol. The van der Waals surface area contributed by atoms with Crippen LogP contribution in [0.2, 0.25) is 0 Å². The molecule has 3 fully saturated rings. The highest BCUT2D eigenvalue weighted by Gasteiger charge is 2.82. The van der Waals surface area contributed by atoms with Crippen molar-refractivity contribution < 1.29 is 39.5 Å². The van der Waals surface area contributed by atoms with Crippen LogP contribution >= 0.6 is 23.5 Å². The first-order valence-corrected chi connectivity index (χ1v) is 11.2. The Hall–Kier alpha value is -1.49. The predicted octanol–water partition coefficient (Wildman–Crippen LogP) is 8.28. The first kappa shape index (κ1) is 22.3. The fourth-order valence-electron chi connectivity index (χ4n) is 4.71. The Bertz CT molecular complexity index is 1090. The summed E-state index contributed by atoms with van der Waals surface area (Å²) in [6.07, 6.45) is -5.59. The van der Waals surface area contributed by atoms with Gasteiger partial charge in [0.25, 0.3) is 0 Å². The Kier molecular flexibility index (Phi) is 4.57. The molecule has 0 unspecified atom stereocenters. The average Bonchev–Trinajstić information content (AvgIpc) is 2.63. The average molecular weight is 500 g/mol. The van der Waals surface area contributed by atoms with Gasteiger partial charge >= 0.3 is 23.9 Å². The van der Waals surface area contributed by atoms with E-state index >= 15 is 8.78 Å². The molecule has 1 heterocycles. The zero-order chi connectivity index (χ0) is 23.3. The molecule has 2 aromatic carbocycles. The van der Waals surface area contributed by atoms with Gasteiger partial charge in [-0.1, -0.05) is 41.7 Å². The van der Waals surface area contributed by atoms with Crippen molar-refractivity contribution in [3.05, 3.63) is 47.5 Å². The van der Waals surface area contributed by atoms with Gasteiger partial charge in [0.05, 0.1) is 0 Å². The Morgan fingerprint density at radius 3 is 1.75 bits per heavy atom. The Morgan fingerprint density at radius 1 is 0.688 bits per heavy atom. The van der Waals surface area contributed by atoms with E-state index in [1.54, 1.807) is 24.3 Å². The van der Waals surface area contributed by atoms with Crippen LogP contribution in [-0.4, -0.2) is 18.0 Å². The minimum absolute atomic E-state index is 0.216. The van der Waals surface area contributed by atoms with Gasteiger partial charge in [-0.3, -0.25) is 0 Å². The largest absolute Gasteiger partial charge is 0.460 e. The number of benzene rings is 2. The van der Waals surface area contributed by atoms with Gasteiger partial charge in [-0.2, -0.15) is 39.5 Å². The van der Waals surface area contributed by atoms with Crippen LogP contribution in [0.3, 0.4) is 0 Å². The van der Waals surface area contributed by atoms with E-state index in [0.29, 0.717) is 35.1 Å². The standard InChI is InChI=1S/C21H13F9S2/c22-18(23,19(24,25)20(26,27)21(28,29)30)11-5-6-14-16(15(11)17-7-10(8-17)9-17)32-13-4-2-1-3-12(13)31-14/h1-6,10H,7-9H2. The summed E-state index contributed by atoms with van der Waals surface area (Å²) < 4.78 is 124. The Labute approximate surface area is 184 Å². The van der Waals surface area contributed by atoms with E-state index < -0.39 is 34.9 Å². The first-order chi connectivity index (χ1) is 14.7. The highest BCUT2D eigenvalue weighted by Crippen LogP contribution is 2.70. The number of halogens is 9. The van der Waals surface area contributed by atoms with E-state index in [0.717, 1.165) is 22.7 Å². The van der Waals surface area contributed by atoms with Gasteiger partial charge in [0.1, 0.15) is 0 Å². The number of alkyl halides is 9. The molecule has 0 radical (unpaired) electrons. The van der Waals surface area contributed by atoms with Gasteiger partial charge < -0.3 is 0 Å². The molecule has 0 aromatic heterocycles. The highest BCUT2D eigenvalue weighted by atomic mass is 32.2. The lowest BCUT2D eigenvalue weighted by Gasteiger charge is -2.63. The van der Waals surface area contributed by atoms with E-state index in [4.69, 9.17) is 0 Å². The molecule has 0 nitrogen and oxygen atoms in total. The highest BCUT2D eigenvalue weighted by molar-refractivity contribution is 8.05. The minimum Gasteiger partial charge on any atom is -0.194 e. The van der Waals surface area contributed by atoms with Gasteiger partial charge in [-0.15, -0.1) is 0 Å². The maximum atomic E-state index is 15.0. The molecule has 2 bridgehead atoms. The molecule has 3 aliphatic carbocycles. The van der Waals surface area contributed by atoms with Crippen molar-refractivity contribution in [3.63, 3.8) is 0 Å². The summed E-state index contributed by atoms with van der Waals surface area (Å²) in [5.41, 5.74) is -2.57. The molecule has 1 aliphatic heterocycles. The summed E-state index contributed by atoms with van der Waals surface area (Å²) in [5, 5.41) is 0. The lowest BCUT2D eigenvalue weighted by molar-refractivity contribution is -0.399. The van der Waals surface area contributed by atoms with Gasteiger partial charge in [-0.25, -0.2) is 0 Å². The SMILES string of the molecule is FC(F)(F)C(F)(F)C(F)(F)C(F)(F)c1ccc2c(c1C13CC(C1)C3)Sc1ccccc1S2. The maximum absolute atomic E-state index is 15.0.